The molecule has 0 spiro atoms. The Morgan fingerprint density at radius 2 is 1.60 bits per heavy atom. The maximum atomic E-state index is 12.4. The van der Waals surface area contributed by atoms with Gasteiger partial charge in [-0.3, -0.25) is 0 Å². The summed E-state index contributed by atoms with van der Waals surface area (Å²) in [6, 6.07) is 10.6. The predicted octanol–water partition coefficient (Wildman–Crippen LogP) is 3.95. The van der Waals surface area contributed by atoms with Gasteiger partial charge in [0, 0.05) is 11.8 Å². The van der Waals surface area contributed by atoms with Crippen molar-refractivity contribution in [1.82, 2.24) is 0 Å². The van der Waals surface area contributed by atoms with Gasteiger partial charge in [0.2, 0.25) is 0 Å². The van der Waals surface area contributed by atoms with Crippen LogP contribution in [0.3, 0.4) is 0 Å². The van der Waals surface area contributed by atoms with E-state index in [0.717, 1.165) is 12.1 Å². The van der Waals surface area contributed by atoms with Crippen LogP contribution in [0.25, 0.3) is 0 Å². The molecule has 0 aliphatic rings. The Bertz CT molecular complexity index is 658. The Morgan fingerprint density at radius 3 is 2.15 bits per heavy atom. The molecule has 0 heterocycles. The molecule has 2 rings (SSSR count). The molecular formula is C14H9F3N2O. The normalized spacial score (nSPS) is 10.9. The number of anilines is 1. The zero-order chi connectivity index (χ0) is 14.8. The van der Waals surface area contributed by atoms with E-state index in [0.29, 0.717) is 11.4 Å². The van der Waals surface area contributed by atoms with Crippen LogP contribution in [0.15, 0.2) is 42.5 Å². The van der Waals surface area contributed by atoms with Crippen LogP contribution in [0.5, 0.6) is 11.5 Å². The van der Waals surface area contributed by atoms with Gasteiger partial charge in [-0.2, -0.15) is 18.4 Å². The number of halogens is 3. The van der Waals surface area contributed by atoms with Crippen molar-refractivity contribution in [3.05, 3.63) is 53.6 Å². The van der Waals surface area contributed by atoms with E-state index < -0.39 is 11.7 Å². The monoisotopic (exact) mass is 278 g/mol. The van der Waals surface area contributed by atoms with Crippen LogP contribution in [-0.2, 0) is 6.18 Å². The summed E-state index contributed by atoms with van der Waals surface area (Å²) in [7, 11) is 0. The second-order valence-electron chi connectivity index (χ2n) is 3.99. The molecule has 0 aliphatic heterocycles. The molecule has 2 aromatic carbocycles. The third kappa shape index (κ3) is 3.01. The molecule has 0 bridgehead atoms. The number of nitrogens with two attached hydrogens (primary N) is 1. The van der Waals surface area contributed by atoms with Gasteiger partial charge in [0.25, 0.3) is 0 Å². The molecule has 0 saturated carbocycles. The highest BCUT2D eigenvalue weighted by molar-refractivity contribution is 5.57. The van der Waals surface area contributed by atoms with Crippen molar-refractivity contribution in [2.24, 2.45) is 0 Å². The standard InChI is InChI=1S/C14H9F3N2O/c15-14(16,17)10-1-3-11(4-2-10)20-12-5-6-13(19)9(7-12)8-18/h1-7H,19H2. The SMILES string of the molecule is N#Cc1cc(Oc2ccc(C(F)(F)F)cc2)ccc1N. The van der Waals surface area contributed by atoms with Crippen molar-refractivity contribution < 1.29 is 17.9 Å². The number of benzene rings is 2. The number of hydrogen-bond donors (Lipinski definition) is 1. The van der Waals surface area contributed by atoms with Gasteiger partial charge in [-0.15, -0.1) is 0 Å². The molecule has 0 aromatic heterocycles. The molecule has 0 unspecified atom stereocenters. The second kappa shape index (κ2) is 5.13. The summed E-state index contributed by atoms with van der Waals surface area (Å²) >= 11 is 0. The van der Waals surface area contributed by atoms with E-state index in [1.807, 2.05) is 6.07 Å². The average molecular weight is 278 g/mol. The van der Waals surface area contributed by atoms with Crippen LogP contribution >= 0.6 is 0 Å². The first-order chi connectivity index (χ1) is 9.40. The quantitative estimate of drug-likeness (QED) is 0.846. The Labute approximate surface area is 113 Å². The second-order valence-corrected chi connectivity index (χ2v) is 3.99. The van der Waals surface area contributed by atoms with Gasteiger partial charge in [0.15, 0.2) is 0 Å². The van der Waals surface area contributed by atoms with Crippen molar-refractivity contribution in [2.75, 3.05) is 5.73 Å². The zero-order valence-corrected chi connectivity index (χ0v) is 10.1. The Morgan fingerprint density at radius 1 is 1.00 bits per heavy atom. The maximum absolute atomic E-state index is 12.4. The fourth-order valence-corrected chi connectivity index (χ4v) is 1.54. The number of rotatable bonds is 2. The van der Waals surface area contributed by atoms with Gasteiger partial charge in [-0.25, -0.2) is 0 Å². The molecule has 6 heteroatoms. The first-order valence-corrected chi connectivity index (χ1v) is 5.55. The minimum Gasteiger partial charge on any atom is -0.457 e. The number of hydrogen-bond acceptors (Lipinski definition) is 3. The molecule has 102 valence electrons. The molecule has 20 heavy (non-hydrogen) atoms. The highest BCUT2D eigenvalue weighted by atomic mass is 19.4. The first kappa shape index (κ1) is 13.7. The topological polar surface area (TPSA) is 59.0 Å². The fraction of sp³-hybridized carbons (Fsp3) is 0.0714. The lowest BCUT2D eigenvalue weighted by Crippen LogP contribution is -2.04. The minimum absolute atomic E-state index is 0.242. The predicted molar refractivity (Wildman–Crippen MR) is 67.1 cm³/mol. The Balaban J connectivity index is 2.21. The molecule has 0 saturated heterocycles. The fourth-order valence-electron chi connectivity index (χ4n) is 1.54. The van der Waals surface area contributed by atoms with E-state index >= 15 is 0 Å². The maximum Gasteiger partial charge on any atom is 0.416 e. The van der Waals surface area contributed by atoms with Gasteiger partial charge in [-0.05, 0) is 36.4 Å². The molecule has 3 nitrogen and oxygen atoms in total. The summed E-state index contributed by atoms with van der Waals surface area (Å²) in [5, 5.41) is 8.82. The lowest BCUT2D eigenvalue weighted by molar-refractivity contribution is -0.137. The highest BCUT2D eigenvalue weighted by Gasteiger charge is 2.30. The largest absolute Gasteiger partial charge is 0.457 e. The van der Waals surface area contributed by atoms with Crippen LogP contribution in [0.1, 0.15) is 11.1 Å². The van der Waals surface area contributed by atoms with Gasteiger partial charge in [0.05, 0.1) is 11.1 Å². The zero-order valence-electron chi connectivity index (χ0n) is 10.1. The van der Waals surface area contributed by atoms with Gasteiger partial charge < -0.3 is 10.5 Å². The molecule has 0 atom stereocenters. The lowest BCUT2D eigenvalue weighted by Gasteiger charge is -2.09. The molecular weight excluding hydrogens is 269 g/mol. The van der Waals surface area contributed by atoms with Gasteiger partial charge in [-0.1, -0.05) is 0 Å². The van der Waals surface area contributed by atoms with Crippen molar-refractivity contribution in [3.63, 3.8) is 0 Å². The Kier molecular flexibility index (Phi) is 3.53. The highest BCUT2D eigenvalue weighted by Crippen LogP contribution is 2.31. The average Bonchev–Trinajstić information content (AvgIpc) is 2.40. The summed E-state index contributed by atoms with van der Waals surface area (Å²) in [5.41, 5.74) is 5.37. The first-order valence-electron chi connectivity index (χ1n) is 5.55. The lowest BCUT2D eigenvalue weighted by atomic mass is 10.2. The van der Waals surface area contributed by atoms with E-state index in [2.05, 4.69) is 0 Å². The smallest absolute Gasteiger partial charge is 0.416 e. The van der Waals surface area contributed by atoms with Crippen molar-refractivity contribution in [3.8, 4) is 17.6 Å². The minimum atomic E-state index is -4.38. The molecule has 2 aromatic rings. The van der Waals surface area contributed by atoms with E-state index in [1.165, 1.54) is 30.3 Å². The van der Waals surface area contributed by atoms with E-state index in [1.54, 1.807) is 0 Å². The molecule has 0 aliphatic carbocycles. The third-order valence-corrected chi connectivity index (χ3v) is 2.56. The summed E-state index contributed by atoms with van der Waals surface area (Å²) in [6.45, 7) is 0. The summed E-state index contributed by atoms with van der Waals surface area (Å²) in [5.74, 6) is 0.571. The van der Waals surface area contributed by atoms with Crippen molar-refractivity contribution in [2.45, 2.75) is 6.18 Å². The molecule has 2 N–H and O–H groups in total. The summed E-state index contributed by atoms with van der Waals surface area (Å²) in [6.07, 6.45) is -4.38. The number of nitrogens with zero attached hydrogens (tertiary/aromatic N) is 1. The van der Waals surface area contributed by atoms with Gasteiger partial charge >= 0.3 is 6.18 Å². The van der Waals surface area contributed by atoms with Crippen LogP contribution in [0, 0.1) is 11.3 Å². The molecule has 0 radical (unpaired) electrons. The van der Waals surface area contributed by atoms with Crippen LogP contribution in [0.4, 0.5) is 18.9 Å². The number of ether oxygens (including phenoxy) is 1. The van der Waals surface area contributed by atoms with Crippen LogP contribution in [-0.4, -0.2) is 0 Å². The summed E-state index contributed by atoms with van der Waals surface area (Å²) < 4.78 is 42.6. The van der Waals surface area contributed by atoms with E-state index in [-0.39, 0.29) is 11.3 Å². The van der Waals surface area contributed by atoms with Crippen LogP contribution in [0.2, 0.25) is 0 Å². The van der Waals surface area contributed by atoms with E-state index in [4.69, 9.17) is 15.7 Å². The molecule has 0 fully saturated rings. The summed E-state index contributed by atoms with van der Waals surface area (Å²) in [4.78, 5) is 0. The number of alkyl halides is 3. The number of nitrogen functional groups attached to an aromatic ring is 1. The number of nitriles is 1. The molecule has 0 amide bonds. The Hall–Kier alpha value is -2.68. The van der Waals surface area contributed by atoms with Crippen molar-refractivity contribution >= 4 is 5.69 Å². The van der Waals surface area contributed by atoms with E-state index in [9.17, 15) is 13.2 Å². The van der Waals surface area contributed by atoms with Gasteiger partial charge in [0.1, 0.15) is 17.6 Å². The third-order valence-electron chi connectivity index (χ3n) is 2.56. The van der Waals surface area contributed by atoms with Crippen molar-refractivity contribution in [1.29, 1.82) is 5.26 Å². The van der Waals surface area contributed by atoms with Crippen LogP contribution < -0.4 is 10.5 Å².